The van der Waals surface area contributed by atoms with E-state index in [1.807, 2.05) is 0 Å². The normalized spacial score (nSPS) is 14.5. The maximum atomic E-state index is 14.1. The molecule has 11 nitrogen and oxygen atoms in total. The Kier molecular flexibility index (Phi) is 10.3. The number of benzene rings is 2. The molecule has 0 amide bonds. The Morgan fingerprint density at radius 3 is 2.40 bits per heavy atom. The van der Waals surface area contributed by atoms with Gasteiger partial charge in [0.15, 0.2) is 22.9 Å². The molecule has 1 aliphatic heterocycles. The summed E-state index contributed by atoms with van der Waals surface area (Å²) in [5, 5.41) is 0. The summed E-state index contributed by atoms with van der Waals surface area (Å²) in [6, 6.07) is 7.65. The Morgan fingerprint density at radius 2 is 1.74 bits per heavy atom. The molecular weight excluding hydrogens is 644 g/mol. The first-order valence-electron chi connectivity index (χ1n) is 13.2. The van der Waals surface area contributed by atoms with Crippen molar-refractivity contribution in [2.75, 3.05) is 41.2 Å². The topological polar surface area (TPSA) is 124 Å². The number of hydrogen-bond acceptors (Lipinski definition) is 11. The van der Waals surface area contributed by atoms with Crippen molar-refractivity contribution in [1.29, 1.82) is 0 Å². The SMILES string of the molecule is CCOC(=O)C1=C(C)N=c2s/c(=C\c3cc(Br)c(OC)cc3OC)c(=O)n2[C@H]1c1ccc(OCC(=O)OC)c(OCC)c1. The highest BCUT2D eigenvalue weighted by Crippen LogP contribution is 2.37. The molecule has 2 aromatic carbocycles. The van der Waals surface area contributed by atoms with Gasteiger partial charge in [0.25, 0.3) is 5.56 Å². The molecule has 1 aliphatic rings. The van der Waals surface area contributed by atoms with Gasteiger partial charge < -0.3 is 28.4 Å². The minimum absolute atomic E-state index is 0.142. The number of allylic oxidation sites excluding steroid dienone is 1. The zero-order valence-corrected chi connectivity index (χ0v) is 26.9. The fraction of sp³-hybridized carbons (Fsp3) is 0.333. The zero-order valence-electron chi connectivity index (χ0n) is 24.5. The van der Waals surface area contributed by atoms with E-state index in [-0.39, 0.29) is 24.3 Å². The van der Waals surface area contributed by atoms with Crippen molar-refractivity contribution in [1.82, 2.24) is 4.57 Å². The predicted octanol–water partition coefficient (Wildman–Crippen LogP) is 3.53. The molecule has 0 spiro atoms. The Bertz CT molecular complexity index is 1760. The van der Waals surface area contributed by atoms with Crippen LogP contribution in [0, 0.1) is 0 Å². The molecule has 0 aliphatic carbocycles. The van der Waals surface area contributed by atoms with Crippen LogP contribution in [0.5, 0.6) is 23.0 Å². The molecule has 0 N–H and O–H groups in total. The average molecular weight is 676 g/mol. The third-order valence-corrected chi connectivity index (χ3v) is 8.07. The monoisotopic (exact) mass is 674 g/mol. The van der Waals surface area contributed by atoms with Gasteiger partial charge in [-0.2, -0.15) is 0 Å². The fourth-order valence-electron chi connectivity index (χ4n) is 4.52. The molecule has 43 heavy (non-hydrogen) atoms. The van der Waals surface area contributed by atoms with Crippen LogP contribution in [-0.2, 0) is 19.1 Å². The summed E-state index contributed by atoms with van der Waals surface area (Å²) >= 11 is 4.67. The fourth-order valence-corrected chi connectivity index (χ4v) is 6.08. The number of aromatic nitrogens is 1. The number of carbonyl (C=O) groups is 2. The first-order valence-corrected chi connectivity index (χ1v) is 14.9. The molecule has 0 fully saturated rings. The molecule has 0 saturated heterocycles. The van der Waals surface area contributed by atoms with Crippen molar-refractivity contribution >= 4 is 45.3 Å². The molecule has 0 bridgehead atoms. The number of thiazole rings is 1. The molecule has 228 valence electrons. The van der Waals surface area contributed by atoms with Crippen LogP contribution in [0.25, 0.3) is 6.08 Å². The summed E-state index contributed by atoms with van der Waals surface area (Å²) < 4.78 is 34.9. The Hall–Kier alpha value is -4.10. The van der Waals surface area contributed by atoms with Gasteiger partial charge in [-0.25, -0.2) is 14.6 Å². The van der Waals surface area contributed by atoms with Crippen LogP contribution >= 0.6 is 27.3 Å². The van der Waals surface area contributed by atoms with Crippen molar-refractivity contribution in [3.05, 3.63) is 76.9 Å². The van der Waals surface area contributed by atoms with E-state index in [1.165, 1.54) is 30.1 Å². The van der Waals surface area contributed by atoms with Gasteiger partial charge in [-0.1, -0.05) is 17.4 Å². The standard InChI is InChI=1S/C30H31BrN2O9S/c1-7-40-23-12-17(9-10-20(23)42-15-25(34)39-6)27-26(29(36)41-8-2)16(3)32-30-33(27)28(35)24(43-30)13-18-11-19(31)22(38-5)14-21(18)37-4/h9-14,27H,7-8,15H2,1-6H3/b24-13-/t27-/m0/s1. The van der Waals surface area contributed by atoms with Crippen molar-refractivity contribution in [2.45, 2.75) is 26.8 Å². The van der Waals surface area contributed by atoms with Gasteiger partial charge in [0, 0.05) is 11.6 Å². The van der Waals surface area contributed by atoms with Gasteiger partial charge in [-0.3, -0.25) is 9.36 Å². The number of nitrogens with zero attached hydrogens (tertiary/aromatic N) is 2. The summed E-state index contributed by atoms with van der Waals surface area (Å²) in [5.74, 6) is 0.579. The van der Waals surface area contributed by atoms with E-state index in [2.05, 4.69) is 25.7 Å². The Balaban J connectivity index is 1.93. The maximum absolute atomic E-state index is 14.1. The molecule has 4 rings (SSSR count). The lowest BCUT2D eigenvalue weighted by atomic mass is 9.95. The number of carbonyl (C=O) groups excluding carboxylic acids is 2. The lowest BCUT2D eigenvalue weighted by Crippen LogP contribution is -2.40. The van der Waals surface area contributed by atoms with E-state index < -0.39 is 18.0 Å². The minimum Gasteiger partial charge on any atom is -0.496 e. The van der Waals surface area contributed by atoms with Gasteiger partial charge in [-0.15, -0.1) is 0 Å². The third-order valence-electron chi connectivity index (χ3n) is 6.46. The first kappa shape index (κ1) is 31.8. The second-order valence-corrected chi connectivity index (χ2v) is 10.9. The number of esters is 2. The minimum atomic E-state index is -0.879. The van der Waals surface area contributed by atoms with Crippen LogP contribution < -0.4 is 33.8 Å². The number of halogens is 1. The van der Waals surface area contributed by atoms with Gasteiger partial charge in [0.2, 0.25) is 0 Å². The van der Waals surface area contributed by atoms with Gasteiger partial charge in [0.1, 0.15) is 11.5 Å². The van der Waals surface area contributed by atoms with Crippen molar-refractivity contribution in [3.8, 4) is 23.0 Å². The second kappa shape index (κ2) is 13.9. The molecule has 0 unspecified atom stereocenters. The lowest BCUT2D eigenvalue weighted by Gasteiger charge is -2.25. The van der Waals surface area contributed by atoms with Crippen LogP contribution in [0.1, 0.15) is 37.9 Å². The Morgan fingerprint density at radius 1 is 1.00 bits per heavy atom. The van der Waals surface area contributed by atoms with E-state index >= 15 is 0 Å². The summed E-state index contributed by atoms with van der Waals surface area (Å²) in [5.41, 5.74) is 1.48. The van der Waals surface area contributed by atoms with Crippen molar-refractivity contribution in [2.24, 2.45) is 4.99 Å². The molecule has 2 heterocycles. The quantitative estimate of drug-likeness (QED) is 0.281. The highest BCUT2D eigenvalue weighted by molar-refractivity contribution is 9.10. The molecule has 1 atom stereocenters. The number of hydrogen-bond donors (Lipinski definition) is 0. The van der Waals surface area contributed by atoms with Gasteiger partial charge in [0.05, 0.1) is 60.9 Å². The smallest absolute Gasteiger partial charge is 0.343 e. The van der Waals surface area contributed by atoms with Crippen LogP contribution in [0.2, 0.25) is 0 Å². The number of ether oxygens (including phenoxy) is 6. The van der Waals surface area contributed by atoms with Crippen molar-refractivity contribution in [3.63, 3.8) is 0 Å². The van der Waals surface area contributed by atoms with E-state index in [0.29, 0.717) is 60.2 Å². The molecule has 0 radical (unpaired) electrons. The molecule has 0 saturated carbocycles. The van der Waals surface area contributed by atoms with Crippen LogP contribution in [0.15, 0.2) is 55.9 Å². The third kappa shape index (κ3) is 6.62. The van der Waals surface area contributed by atoms with E-state index in [9.17, 15) is 14.4 Å². The highest BCUT2D eigenvalue weighted by Gasteiger charge is 2.34. The first-order chi connectivity index (χ1) is 20.7. The van der Waals surface area contributed by atoms with Crippen LogP contribution in [0.4, 0.5) is 0 Å². The van der Waals surface area contributed by atoms with E-state index in [4.69, 9.17) is 23.7 Å². The summed E-state index contributed by atoms with van der Waals surface area (Å²) in [6.45, 7) is 5.35. The highest BCUT2D eigenvalue weighted by atomic mass is 79.9. The molecular formula is C30H31BrN2O9S. The zero-order chi connectivity index (χ0) is 31.3. The molecule has 1 aromatic heterocycles. The number of rotatable bonds is 11. The van der Waals surface area contributed by atoms with Crippen LogP contribution in [-0.4, -0.2) is 57.7 Å². The predicted molar refractivity (Wildman–Crippen MR) is 163 cm³/mol. The largest absolute Gasteiger partial charge is 0.496 e. The van der Waals surface area contributed by atoms with E-state index in [0.717, 1.165) is 0 Å². The van der Waals surface area contributed by atoms with E-state index in [1.54, 1.807) is 64.3 Å². The Labute approximate surface area is 260 Å². The molecule has 3 aromatic rings. The maximum Gasteiger partial charge on any atom is 0.343 e. The number of methoxy groups -OCH3 is 3. The molecule has 13 heteroatoms. The average Bonchev–Trinajstić information content (AvgIpc) is 3.29. The second-order valence-electron chi connectivity index (χ2n) is 9.03. The van der Waals surface area contributed by atoms with Crippen molar-refractivity contribution < 1.29 is 38.0 Å². The van der Waals surface area contributed by atoms with Gasteiger partial charge >= 0.3 is 11.9 Å². The van der Waals surface area contributed by atoms with Crippen LogP contribution in [0.3, 0.4) is 0 Å². The lowest BCUT2D eigenvalue weighted by molar-refractivity contribution is -0.143. The summed E-state index contributed by atoms with van der Waals surface area (Å²) in [7, 11) is 4.35. The summed E-state index contributed by atoms with van der Waals surface area (Å²) in [6.07, 6.45) is 1.71. The van der Waals surface area contributed by atoms with Gasteiger partial charge in [-0.05, 0) is 66.5 Å². The number of fused-ring (bicyclic) bond motifs is 1. The summed E-state index contributed by atoms with van der Waals surface area (Å²) in [4.78, 5) is 44.0.